The topological polar surface area (TPSA) is 93.2 Å². The van der Waals surface area contributed by atoms with Crippen molar-refractivity contribution in [3.05, 3.63) is 34.1 Å². The Labute approximate surface area is 245 Å². The van der Waals surface area contributed by atoms with Crippen LogP contribution in [0.1, 0.15) is 83.6 Å². The smallest absolute Gasteiger partial charge is 0.410 e. The number of esters is 1. The molecule has 2 atom stereocenters. The summed E-state index contributed by atoms with van der Waals surface area (Å²) in [6, 6.07) is 4.40. The maximum atomic E-state index is 14.1. The van der Waals surface area contributed by atoms with Gasteiger partial charge < -0.3 is 19.3 Å². The Balaban J connectivity index is 1.50. The number of halogens is 2. The fourth-order valence-corrected chi connectivity index (χ4v) is 5.98. The van der Waals surface area contributed by atoms with Gasteiger partial charge in [0.15, 0.2) is 0 Å². The predicted octanol–water partition coefficient (Wildman–Crippen LogP) is 5.86. The van der Waals surface area contributed by atoms with E-state index in [1.165, 1.54) is 19.2 Å². The van der Waals surface area contributed by atoms with Crippen molar-refractivity contribution in [3.8, 4) is 0 Å². The Morgan fingerprint density at radius 1 is 1.02 bits per heavy atom. The van der Waals surface area contributed by atoms with E-state index in [9.17, 15) is 23.6 Å². The molecule has 222 valence electrons. The van der Waals surface area contributed by atoms with Crippen LogP contribution in [-0.2, 0) is 23.9 Å². The SMILES string of the molecule is COC(=O)CC(CC(=O)[C@@H]1CCCN(C(=O)CCC2CCN(C(=O)OC(C)(C)C)CC2)C1)c1cc(F)cc(Br)c1. The van der Waals surface area contributed by atoms with Gasteiger partial charge in [0.1, 0.15) is 17.2 Å². The van der Waals surface area contributed by atoms with Crippen molar-refractivity contribution >= 4 is 39.7 Å². The summed E-state index contributed by atoms with van der Waals surface area (Å²) in [6.07, 6.45) is 4.04. The summed E-state index contributed by atoms with van der Waals surface area (Å²) in [5.41, 5.74) is 0.0412. The zero-order valence-corrected chi connectivity index (χ0v) is 25.6. The van der Waals surface area contributed by atoms with Gasteiger partial charge in [0.25, 0.3) is 0 Å². The number of carbonyl (C=O) groups excluding carboxylic acids is 4. The van der Waals surface area contributed by atoms with Crippen molar-refractivity contribution in [3.63, 3.8) is 0 Å². The minimum absolute atomic E-state index is 0.0266. The summed E-state index contributed by atoms with van der Waals surface area (Å²) >= 11 is 3.29. The molecule has 2 fully saturated rings. The number of likely N-dealkylation sites (tertiary alicyclic amines) is 2. The normalized spacial score (nSPS) is 19.2. The monoisotopic (exact) mass is 624 g/mol. The van der Waals surface area contributed by atoms with Crippen LogP contribution in [0.2, 0.25) is 0 Å². The van der Waals surface area contributed by atoms with Crippen molar-refractivity contribution in [2.45, 2.75) is 83.7 Å². The zero-order valence-electron chi connectivity index (χ0n) is 24.0. The average Bonchev–Trinajstić information content (AvgIpc) is 2.90. The van der Waals surface area contributed by atoms with Crippen molar-refractivity contribution in [1.29, 1.82) is 0 Å². The number of ketones is 1. The van der Waals surface area contributed by atoms with E-state index in [0.29, 0.717) is 55.0 Å². The molecule has 0 saturated carbocycles. The molecular formula is C30H42BrFN2O6. The van der Waals surface area contributed by atoms with Gasteiger partial charge >= 0.3 is 12.1 Å². The molecule has 1 aromatic carbocycles. The Morgan fingerprint density at radius 2 is 1.73 bits per heavy atom. The highest BCUT2D eigenvalue weighted by atomic mass is 79.9. The molecule has 0 bridgehead atoms. The first-order valence-electron chi connectivity index (χ1n) is 14.2. The van der Waals surface area contributed by atoms with E-state index in [4.69, 9.17) is 9.47 Å². The molecule has 1 aromatic rings. The van der Waals surface area contributed by atoms with Gasteiger partial charge in [-0.1, -0.05) is 15.9 Å². The van der Waals surface area contributed by atoms with E-state index in [2.05, 4.69) is 15.9 Å². The molecule has 0 aromatic heterocycles. The molecule has 10 heteroatoms. The van der Waals surface area contributed by atoms with Crippen LogP contribution < -0.4 is 0 Å². The lowest BCUT2D eigenvalue weighted by Gasteiger charge is -2.35. The molecule has 0 radical (unpaired) electrons. The lowest BCUT2D eigenvalue weighted by Crippen LogP contribution is -2.43. The molecule has 0 N–H and O–H groups in total. The number of amides is 2. The highest BCUT2D eigenvalue weighted by Crippen LogP contribution is 2.31. The third kappa shape index (κ3) is 9.85. The number of carbonyl (C=O) groups is 4. The summed E-state index contributed by atoms with van der Waals surface area (Å²) in [6.45, 7) is 7.81. The quantitative estimate of drug-likeness (QED) is 0.320. The van der Waals surface area contributed by atoms with E-state index in [1.807, 2.05) is 20.8 Å². The molecular weight excluding hydrogens is 583 g/mol. The number of piperidine rings is 2. The molecule has 8 nitrogen and oxygen atoms in total. The number of ether oxygens (including phenoxy) is 2. The highest BCUT2D eigenvalue weighted by molar-refractivity contribution is 9.10. The Bertz CT molecular complexity index is 1050. The van der Waals surface area contributed by atoms with E-state index >= 15 is 0 Å². The summed E-state index contributed by atoms with van der Waals surface area (Å²) in [5, 5.41) is 0. The zero-order chi connectivity index (χ0) is 29.4. The fourth-order valence-electron chi connectivity index (χ4n) is 5.50. The van der Waals surface area contributed by atoms with Gasteiger partial charge in [-0.05, 0) is 82.6 Å². The van der Waals surface area contributed by atoms with E-state index in [1.54, 1.807) is 15.9 Å². The maximum absolute atomic E-state index is 14.1. The van der Waals surface area contributed by atoms with Crippen LogP contribution in [0.4, 0.5) is 9.18 Å². The fraction of sp³-hybridized carbons (Fsp3) is 0.667. The van der Waals surface area contributed by atoms with Gasteiger partial charge in [-0.3, -0.25) is 14.4 Å². The van der Waals surface area contributed by atoms with E-state index < -0.39 is 23.3 Å². The molecule has 2 aliphatic rings. The van der Waals surface area contributed by atoms with Gasteiger partial charge in [-0.15, -0.1) is 0 Å². The summed E-state index contributed by atoms with van der Waals surface area (Å²) in [5.74, 6) is -1.34. The average molecular weight is 626 g/mol. The summed E-state index contributed by atoms with van der Waals surface area (Å²) in [4.78, 5) is 54.3. The van der Waals surface area contributed by atoms with Gasteiger partial charge in [0, 0.05) is 55.3 Å². The van der Waals surface area contributed by atoms with Gasteiger partial charge in [-0.25, -0.2) is 9.18 Å². The van der Waals surface area contributed by atoms with Crippen LogP contribution in [-0.4, -0.2) is 72.4 Å². The van der Waals surface area contributed by atoms with Crippen LogP contribution in [0.3, 0.4) is 0 Å². The third-order valence-electron chi connectivity index (χ3n) is 7.71. The molecule has 3 rings (SSSR count). The molecule has 2 amide bonds. The number of hydrogen-bond donors (Lipinski definition) is 0. The van der Waals surface area contributed by atoms with Crippen LogP contribution in [0.15, 0.2) is 22.7 Å². The summed E-state index contributed by atoms with van der Waals surface area (Å²) in [7, 11) is 1.29. The number of Topliss-reactive ketones (excluding diaryl/α,β-unsaturated/α-hetero) is 1. The minimum atomic E-state index is -0.521. The number of benzene rings is 1. The standard InChI is InChI=1S/C30H42BrFN2O6/c1-30(2,3)40-29(38)33-12-9-20(10-13-33)7-8-27(36)34-11-5-6-21(19-34)26(35)16-23(17-28(37)39-4)22-14-24(31)18-25(32)15-22/h14-15,18,20-21,23H,5-13,16-17,19H2,1-4H3/t21-,23?/m1/s1. The molecule has 2 heterocycles. The van der Waals surface area contributed by atoms with Crippen molar-refractivity contribution in [2.24, 2.45) is 11.8 Å². The van der Waals surface area contributed by atoms with E-state index in [0.717, 1.165) is 25.7 Å². The lowest BCUT2D eigenvalue weighted by atomic mass is 9.84. The van der Waals surface area contributed by atoms with Crippen molar-refractivity contribution in [2.75, 3.05) is 33.3 Å². The maximum Gasteiger partial charge on any atom is 0.410 e. The number of rotatable bonds is 9. The molecule has 0 spiro atoms. The van der Waals surface area contributed by atoms with Crippen molar-refractivity contribution < 1.29 is 33.0 Å². The van der Waals surface area contributed by atoms with E-state index in [-0.39, 0.29) is 36.5 Å². The highest BCUT2D eigenvalue weighted by Gasteiger charge is 2.32. The second-order valence-electron chi connectivity index (χ2n) is 12.0. The first-order chi connectivity index (χ1) is 18.8. The Morgan fingerprint density at radius 3 is 2.35 bits per heavy atom. The van der Waals surface area contributed by atoms with Crippen LogP contribution in [0.5, 0.6) is 0 Å². The number of methoxy groups -OCH3 is 1. The number of hydrogen-bond acceptors (Lipinski definition) is 6. The second-order valence-corrected chi connectivity index (χ2v) is 12.9. The lowest BCUT2D eigenvalue weighted by molar-refractivity contribution is -0.141. The van der Waals surface area contributed by atoms with Gasteiger partial charge in [0.05, 0.1) is 13.5 Å². The van der Waals surface area contributed by atoms with Crippen LogP contribution in [0, 0.1) is 17.7 Å². The minimum Gasteiger partial charge on any atom is -0.469 e. The predicted molar refractivity (Wildman–Crippen MR) is 152 cm³/mol. The largest absolute Gasteiger partial charge is 0.469 e. The molecule has 2 saturated heterocycles. The molecule has 40 heavy (non-hydrogen) atoms. The third-order valence-corrected chi connectivity index (χ3v) is 8.16. The van der Waals surface area contributed by atoms with Crippen molar-refractivity contribution in [1.82, 2.24) is 9.80 Å². The van der Waals surface area contributed by atoms with Crippen LogP contribution in [0.25, 0.3) is 0 Å². The molecule has 1 unspecified atom stereocenters. The first-order valence-corrected chi connectivity index (χ1v) is 14.9. The molecule has 2 aliphatic heterocycles. The number of nitrogens with zero attached hydrogens (tertiary/aromatic N) is 2. The first kappa shape index (κ1) is 32.0. The van der Waals surface area contributed by atoms with Gasteiger partial charge in [-0.2, -0.15) is 0 Å². The van der Waals surface area contributed by atoms with Crippen LogP contribution >= 0.6 is 15.9 Å². The Kier molecular flexibility index (Phi) is 11.5. The summed E-state index contributed by atoms with van der Waals surface area (Å²) < 4.78 is 24.9. The van der Waals surface area contributed by atoms with Gasteiger partial charge in [0.2, 0.25) is 5.91 Å². The second kappa shape index (κ2) is 14.4. The Hall–Kier alpha value is -2.49. The molecule has 0 aliphatic carbocycles.